The summed E-state index contributed by atoms with van der Waals surface area (Å²) in [5.41, 5.74) is 1.92. The van der Waals surface area contributed by atoms with Crippen molar-refractivity contribution in [2.75, 3.05) is 6.61 Å². The van der Waals surface area contributed by atoms with Crippen LogP contribution in [-0.2, 0) is 4.74 Å². The topological polar surface area (TPSA) is 9.23 Å². The summed E-state index contributed by atoms with van der Waals surface area (Å²) in [5.74, 6) is 0. The Morgan fingerprint density at radius 1 is 1.20 bits per heavy atom. The van der Waals surface area contributed by atoms with Crippen molar-refractivity contribution in [1.29, 1.82) is 0 Å². The van der Waals surface area contributed by atoms with E-state index in [4.69, 9.17) is 4.74 Å². The van der Waals surface area contributed by atoms with Gasteiger partial charge < -0.3 is 4.74 Å². The van der Waals surface area contributed by atoms with E-state index in [1.165, 1.54) is 24.8 Å². The first kappa shape index (κ1) is 10.9. The van der Waals surface area contributed by atoms with E-state index >= 15 is 0 Å². The highest BCUT2D eigenvalue weighted by Crippen LogP contribution is 2.15. The van der Waals surface area contributed by atoms with E-state index in [-0.39, 0.29) is 0 Å². The second-order valence-electron chi connectivity index (χ2n) is 4.60. The lowest BCUT2D eigenvalue weighted by atomic mass is 10.2. The summed E-state index contributed by atoms with van der Waals surface area (Å²) in [6.07, 6.45) is 3.89. The minimum atomic E-state index is -0.885. The third kappa shape index (κ3) is 2.70. The van der Waals surface area contributed by atoms with Gasteiger partial charge in [-0.1, -0.05) is 41.6 Å². The smallest absolute Gasteiger partial charge is 0.101 e. The van der Waals surface area contributed by atoms with Crippen molar-refractivity contribution in [3.8, 4) is 0 Å². The van der Waals surface area contributed by atoms with Gasteiger partial charge in [0.2, 0.25) is 0 Å². The fourth-order valence-corrected chi connectivity index (χ4v) is 4.63. The molecule has 1 aromatic rings. The molecule has 0 N–H and O–H groups in total. The Balaban J connectivity index is 2.05. The van der Waals surface area contributed by atoms with Crippen LogP contribution in [0.25, 0.3) is 0 Å². The molecule has 1 aliphatic heterocycles. The van der Waals surface area contributed by atoms with Gasteiger partial charge >= 0.3 is 0 Å². The van der Waals surface area contributed by atoms with Crippen molar-refractivity contribution < 1.29 is 4.74 Å². The lowest BCUT2D eigenvalue weighted by molar-refractivity contribution is 0.0638. The fraction of sp³-hybridized carbons (Fsp3) is 0.538. The predicted molar refractivity (Wildman–Crippen MR) is 67.4 cm³/mol. The predicted octanol–water partition coefficient (Wildman–Crippen LogP) is 2.17. The standard InChI is InChI=1S/C13H20OSi/c1-11-6-8-12(9-7-11)15(2)13-5-3-4-10-14-13/h6-9,13,15H,3-5,10H2,1-2H3. The molecule has 0 saturated carbocycles. The van der Waals surface area contributed by atoms with E-state index in [1.54, 1.807) is 5.19 Å². The Kier molecular flexibility index (Phi) is 3.60. The molecule has 1 heterocycles. The molecule has 0 spiro atoms. The molecule has 2 unspecified atom stereocenters. The maximum absolute atomic E-state index is 5.89. The Labute approximate surface area is 94.1 Å². The van der Waals surface area contributed by atoms with Gasteiger partial charge in [-0.05, 0) is 26.2 Å². The molecule has 0 radical (unpaired) electrons. The summed E-state index contributed by atoms with van der Waals surface area (Å²) >= 11 is 0. The van der Waals surface area contributed by atoms with Crippen LogP contribution < -0.4 is 5.19 Å². The van der Waals surface area contributed by atoms with Crippen molar-refractivity contribution in [2.45, 2.75) is 38.5 Å². The minimum Gasteiger partial charge on any atom is -0.382 e. The molecule has 1 saturated heterocycles. The van der Waals surface area contributed by atoms with Crippen LogP contribution in [0.15, 0.2) is 24.3 Å². The molecular formula is C13H20OSi. The molecule has 1 nitrogen and oxygen atoms in total. The van der Waals surface area contributed by atoms with Crippen molar-refractivity contribution >= 4 is 14.0 Å². The molecular weight excluding hydrogens is 200 g/mol. The number of rotatable bonds is 2. The largest absolute Gasteiger partial charge is 0.382 e. The molecule has 2 rings (SSSR count). The van der Waals surface area contributed by atoms with Crippen LogP contribution in [0.5, 0.6) is 0 Å². The molecule has 2 atom stereocenters. The zero-order valence-corrected chi connectivity index (χ0v) is 10.9. The summed E-state index contributed by atoms with van der Waals surface area (Å²) in [7, 11) is -0.885. The maximum atomic E-state index is 5.89. The molecule has 15 heavy (non-hydrogen) atoms. The fourth-order valence-electron chi connectivity index (χ4n) is 2.24. The van der Waals surface area contributed by atoms with Crippen LogP contribution in [0.1, 0.15) is 24.8 Å². The molecule has 2 heteroatoms. The summed E-state index contributed by atoms with van der Waals surface area (Å²) in [6.45, 7) is 5.54. The van der Waals surface area contributed by atoms with E-state index in [9.17, 15) is 0 Å². The van der Waals surface area contributed by atoms with Crippen LogP contribution in [-0.4, -0.2) is 21.1 Å². The maximum Gasteiger partial charge on any atom is 0.101 e. The molecule has 0 amide bonds. The second-order valence-corrected chi connectivity index (χ2v) is 7.59. The first-order chi connectivity index (χ1) is 7.27. The number of benzene rings is 1. The van der Waals surface area contributed by atoms with Gasteiger partial charge in [0.05, 0.1) is 0 Å². The average Bonchev–Trinajstić information content (AvgIpc) is 2.30. The third-order valence-electron chi connectivity index (χ3n) is 3.38. The molecule has 1 fully saturated rings. The van der Waals surface area contributed by atoms with Gasteiger partial charge in [0.25, 0.3) is 0 Å². The van der Waals surface area contributed by atoms with Gasteiger partial charge in [-0.3, -0.25) is 0 Å². The second kappa shape index (κ2) is 4.95. The highest BCUT2D eigenvalue weighted by molar-refractivity contribution is 6.73. The molecule has 0 bridgehead atoms. The van der Waals surface area contributed by atoms with E-state index in [0.717, 1.165) is 6.61 Å². The summed E-state index contributed by atoms with van der Waals surface area (Å²) in [6, 6.07) is 9.04. The molecule has 0 aliphatic carbocycles. The molecule has 0 aromatic heterocycles. The van der Waals surface area contributed by atoms with Crippen molar-refractivity contribution in [3.63, 3.8) is 0 Å². The highest BCUT2D eigenvalue weighted by Gasteiger charge is 2.23. The van der Waals surface area contributed by atoms with Gasteiger partial charge in [0, 0.05) is 12.3 Å². The first-order valence-corrected chi connectivity index (χ1v) is 8.35. The summed E-state index contributed by atoms with van der Waals surface area (Å²) in [5, 5.41) is 1.55. The van der Waals surface area contributed by atoms with E-state index in [0.29, 0.717) is 5.73 Å². The SMILES string of the molecule is Cc1ccc([SiH](C)C2CCCCO2)cc1. The van der Waals surface area contributed by atoms with Crippen LogP contribution in [0.4, 0.5) is 0 Å². The monoisotopic (exact) mass is 220 g/mol. The summed E-state index contributed by atoms with van der Waals surface area (Å²) < 4.78 is 5.89. The van der Waals surface area contributed by atoms with Crippen LogP contribution in [0, 0.1) is 6.92 Å². The Morgan fingerprint density at radius 3 is 2.53 bits per heavy atom. The number of hydrogen-bond donors (Lipinski definition) is 0. The Hall–Kier alpha value is -0.603. The van der Waals surface area contributed by atoms with E-state index in [2.05, 4.69) is 37.7 Å². The molecule has 1 aliphatic rings. The number of ether oxygens (including phenoxy) is 1. The van der Waals surface area contributed by atoms with Crippen molar-refractivity contribution in [3.05, 3.63) is 29.8 Å². The zero-order valence-electron chi connectivity index (χ0n) is 9.70. The normalized spacial score (nSPS) is 23.7. The van der Waals surface area contributed by atoms with Gasteiger partial charge in [-0.15, -0.1) is 0 Å². The quantitative estimate of drug-likeness (QED) is 0.694. The zero-order chi connectivity index (χ0) is 10.7. The van der Waals surface area contributed by atoms with Crippen LogP contribution in [0.2, 0.25) is 6.55 Å². The van der Waals surface area contributed by atoms with Crippen molar-refractivity contribution in [1.82, 2.24) is 0 Å². The van der Waals surface area contributed by atoms with Gasteiger partial charge in [-0.25, -0.2) is 0 Å². The number of aryl methyl sites for hydroxylation is 1. The Morgan fingerprint density at radius 2 is 1.93 bits per heavy atom. The summed E-state index contributed by atoms with van der Waals surface area (Å²) in [4.78, 5) is 0. The molecule has 82 valence electrons. The highest BCUT2D eigenvalue weighted by atomic mass is 28.3. The van der Waals surface area contributed by atoms with Crippen LogP contribution in [0.3, 0.4) is 0 Å². The van der Waals surface area contributed by atoms with Gasteiger partial charge in [0.1, 0.15) is 8.80 Å². The number of hydrogen-bond acceptors (Lipinski definition) is 1. The van der Waals surface area contributed by atoms with Gasteiger partial charge in [0.15, 0.2) is 0 Å². The van der Waals surface area contributed by atoms with E-state index < -0.39 is 8.80 Å². The van der Waals surface area contributed by atoms with E-state index in [1.807, 2.05) is 0 Å². The minimum absolute atomic E-state index is 0.571. The van der Waals surface area contributed by atoms with Crippen LogP contribution >= 0.6 is 0 Å². The third-order valence-corrected chi connectivity index (χ3v) is 6.45. The van der Waals surface area contributed by atoms with Crippen molar-refractivity contribution in [2.24, 2.45) is 0 Å². The first-order valence-electron chi connectivity index (χ1n) is 5.95. The average molecular weight is 220 g/mol. The Bertz CT molecular complexity index is 301. The van der Waals surface area contributed by atoms with Gasteiger partial charge in [-0.2, -0.15) is 0 Å². The lowest BCUT2D eigenvalue weighted by Gasteiger charge is -2.27. The molecule has 1 aromatic carbocycles. The lowest BCUT2D eigenvalue weighted by Crippen LogP contribution is -2.42.